The molecule has 0 spiro atoms. The highest BCUT2D eigenvalue weighted by Crippen LogP contribution is 2.41. The van der Waals surface area contributed by atoms with Gasteiger partial charge in [0, 0.05) is 23.2 Å². The lowest BCUT2D eigenvalue weighted by Gasteiger charge is -2.38. The average Bonchev–Trinajstić information content (AvgIpc) is 2.15. The topological polar surface area (TPSA) is 52.0 Å². The fourth-order valence-corrected chi connectivity index (χ4v) is 2.20. The van der Waals surface area contributed by atoms with E-state index >= 15 is 0 Å². The number of hydrogen-bond donors (Lipinski definition) is 2. The summed E-state index contributed by atoms with van der Waals surface area (Å²) in [6, 6.07) is 0. The van der Waals surface area contributed by atoms with Crippen LogP contribution < -0.4 is 11.5 Å². The monoisotopic (exact) mass is 178 g/mol. The molecule has 0 radical (unpaired) electrons. The molecule has 0 bridgehead atoms. The van der Waals surface area contributed by atoms with Crippen LogP contribution in [0.1, 0.15) is 20.3 Å². The summed E-state index contributed by atoms with van der Waals surface area (Å²) >= 11 is 0. The zero-order valence-corrected chi connectivity index (χ0v) is 8.33. The smallest absolute Gasteiger partial charge is 0.00777 e. The van der Waals surface area contributed by atoms with Crippen LogP contribution in [0, 0.1) is 23.7 Å². The number of hydrogen-bond acceptors (Lipinski definition) is 2. The Bertz CT molecular complexity index is 250. The van der Waals surface area contributed by atoms with Gasteiger partial charge in [-0.2, -0.15) is 0 Å². The summed E-state index contributed by atoms with van der Waals surface area (Å²) in [6.07, 6.45) is 5.61. The molecule has 2 aliphatic carbocycles. The Hall–Kier alpha value is -0.920. The van der Waals surface area contributed by atoms with Gasteiger partial charge >= 0.3 is 0 Å². The van der Waals surface area contributed by atoms with E-state index < -0.39 is 0 Å². The summed E-state index contributed by atoms with van der Waals surface area (Å²) in [5.41, 5.74) is 13.6. The maximum Gasteiger partial charge on any atom is 0.00777 e. The second-order valence-electron chi connectivity index (χ2n) is 4.47. The molecule has 2 heteroatoms. The number of allylic oxidation sites excluding steroid dienone is 4. The molecule has 4 N–H and O–H groups in total. The van der Waals surface area contributed by atoms with Gasteiger partial charge in [-0.05, 0) is 18.3 Å². The largest absolute Gasteiger partial charge is 0.402 e. The van der Waals surface area contributed by atoms with Crippen LogP contribution >= 0.6 is 0 Å². The van der Waals surface area contributed by atoms with Crippen molar-refractivity contribution in [2.45, 2.75) is 20.3 Å². The minimum absolute atomic E-state index is 0.586. The number of nitrogens with two attached hydrogens (primary N) is 2. The lowest BCUT2D eigenvalue weighted by Crippen LogP contribution is -2.34. The Labute approximate surface area is 79.7 Å². The molecule has 2 aliphatic rings. The van der Waals surface area contributed by atoms with Gasteiger partial charge in [0.25, 0.3) is 0 Å². The van der Waals surface area contributed by atoms with Crippen molar-refractivity contribution in [3.8, 4) is 0 Å². The molecule has 0 amide bonds. The molecule has 13 heavy (non-hydrogen) atoms. The Balaban J connectivity index is 1.89. The Morgan fingerprint density at radius 2 is 1.38 bits per heavy atom. The van der Waals surface area contributed by atoms with Crippen LogP contribution in [0.3, 0.4) is 0 Å². The van der Waals surface area contributed by atoms with Gasteiger partial charge in [0.05, 0.1) is 0 Å². The molecule has 0 saturated carbocycles. The van der Waals surface area contributed by atoms with Crippen LogP contribution in [0.25, 0.3) is 0 Å². The van der Waals surface area contributed by atoms with E-state index in [4.69, 9.17) is 11.5 Å². The molecule has 0 heterocycles. The van der Waals surface area contributed by atoms with Crippen molar-refractivity contribution in [1.82, 2.24) is 0 Å². The molecule has 2 nitrogen and oxygen atoms in total. The van der Waals surface area contributed by atoms with Gasteiger partial charge in [-0.15, -0.1) is 0 Å². The lowest BCUT2D eigenvalue weighted by atomic mass is 9.69. The van der Waals surface area contributed by atoms with Crippen LogP contribution in [-0.4, -0.2) is 0 Å². The van der Waals surface area contributed by atoms with Crippen LogP contribution in [0.5, 0.6) is 0 Å². The molecule has 0 aromatic rings. The highest BCUT2D eigenvalue weighted by molar-refractivity contribution is 5.22. The van der Waals surface area contributed by atoms with Crippen molar-refractivity contribution in [3.63, 3.8) is 0 Å². The van der Waals surface area contributed by atoms with Crippen molar-refractivity contribution in [3.05, 3.63) is 23.5 Å². The van der Waals surface area contributed by atoms with E-state index in [9.17, 15) is 0 Å². The summed E-state index contributed by atoms with van der Waals surface area (Å²) in [4.78, 5) is 0. The fourth-order valence-electron chi connectivity index (χ4n) is 2.20. The van der Waals surface area contributed by atoms with E-state index in [2.05, 4.69) is 26.0 Å². The zero-order valence-electron chi connectivity index (χ0n) is 8.33. The van der Waals surface area contributed by atoms with E-state index in [0.29, 0.717) is 23.7 Å². The van der Waals surface area contributed by atoms with Gasteiger partial charge < -0.3 is 11.5 Å². The Morgan fingerprint density at radius 1 is 1.00 bits per heavy atom. The first kappa shape index (κ1) is 8.67. The standard InChI is InChI=1S/C11H18N2/c1-6-8(4-10(6)12)3-9-5-11(13)7(9)2/h4-9H,3,12-13H2,1-2H3. The van der Waals surface area contributed by atoms with Gasteiger partial charge in [0.2, 0.25) is 0 Å². The Morgan fingerprint density at radius 3 is 1.62 bits per heavy atom. The molecule has 0 fully saturated rings. The molecule has 0 aromatic heterocycles. The molecule has 2 rings (SSSR count). The molecule has 0 aromatic carbocycles. The molecule has 0 saturated heterocycles. The molecular weight excluding hydrogens is 160 g/mol. The third kappa shape index (κ3) is 1.25. The predicted octanol–water partition coefficient (Wildman–Crippen LogP) is 1.59. The fraction of sp³-hybridized carbons (Fsp3) is 0.636. The van der Waals surface area contributed by atoms with E-state index in [0.717, 1.165) is 11.4 Å². The van der Waals surface area contributed by atoms with Gasteiger partial charge in [-0.3, -0.25) is 0 Å². The second kappa shape index (κ2) is 2.79. The van der Waals surface area contributed by atoms with E-state index in [1.54, 1.807) is 0 Å². The minimum atomic E-state index is 0.586. The summed E-state index contributed by atoms with van der Waals surface area (Å²) in [5.74, 6) is 2.55. The first-order valence-electron chi connectivity index (χ1n) is 5.04. The maximum absolute atomic E-state index is 5.73. The third-order valence-corrected chi connectivity index (χ3v) is 3.69. The van der Waals surface area contributed by atoms with E-state index in [-0.39, 0.29) is 0 Å². The SMILES string of the molecule is CC1C(N)=CC1CC1C=C(N)C1C. The summed E-state index contributed by atoms with van der Waals surface area (Å²) in [6.45, 7) is 4.41. The van der Waals surface area contributed by atoms with Crippen molar-refractivity contribution in [2.75, 3.05) is 0 Å². The van der Waals surface area contributed by atoms with E-state index in [1.165, 1.54) is 6.42 Å². The highest BCUT2D eigenvalue weighted by Gasteiger charge is 2.34. The van der Waals surface area contributed by atoms with Crippen LogP contribution in [0.15, 0.2) is 23.5 Å². The molecule has 4 atom stereocenters. The van der Waals surface area contributed by atoms with E-state index in [1.807, 2.05) is 0 Å². The first-order valence-corrected chi connectivity index (χ1v) is 5.04. The van der Waals surface area contributed by atoms with Crippen molar-refractivity contribution < 1.29 is 0 Å². The highest BCUT2D eigenvalue weighted by atomic mass is 14.7. The summed E-state index contributed by atoms with van der Waals surface area (Å²) < 4.78 is 0. The summed E-state index contributed by atoms with van der Waals surface area (Å²) in [5, 5.41) is 0. The van der Waals surface area contributed by atoms with Crippen LogP contribution in [0.2, 0.25) is 0 Å². The third-order valence-electron chi connectivity index (χ3n) is 3.69. The minimum Gasteiger partial charge on any atom is -0.402 e. The van der Waals surface area contributed by atoms with Gasteiger partial charge in [-0.25, -0.2) is 0 Å². The maximum atomic E-state index is 5.73. The molecule has 0 aliphatic heterocycles. The first-order chi connectivity index (χ1) is 6.09. The normalized spacial score (nSPS) is 42.9. The molecule has 4 unspecified atom stereocenters. The van der Waals surface area contributed by atoms with Gasteiger partial charge in [-0.1, -0.05) is 26.0 Å². The lowest BCUT2D eigenvalue weighted by molar-refractivity contribution is 0.293. The van der Waals surface area contributed by atoms with Gasteiger partial charge in [0.1, 0.15) is 0 Å². The summed E-state index contributed by atoms with van der Waals surface area (Å²) in [7, 11) is 0. The van der Waals surface area contributed by atoms with Crippen LogP contribution in [-0.2, 0) is 0 Å². The zero-order chi connectivity index (χ0) is 9.59. The van der Waals surface area contributed by atoms with Crippen LogP contribution in [0.4, 0.5) is 0 Å². The molecule has 72 valence electrons. The quantitative estimate of drug-likeness (QED) is 0.674. The predicted molar refractivity (Wildman–Crippen MR) is 54.5 cm³/mol. The van der Waals surface area contributed by atoms with Crippen molar-refractivity contribution >= 4 is 0 Å². The van der Waals surface area contributed by atoms with Crippen molar-refractivity contribution in [1.29, 1.82) is 0 Å². The molecular formula is C11H18N2. The van der Waals surface area contributed by atoms with Crippen molar-refractivity contribution in [2.24, 2.45) is 35.1 Å². The second-order valence-corrected chi connectivity index (χ2v) is 4.47. The van der Waals surface area contributed by atoms with Gasteiger partial charge in [0.15, 0.2) is 0 Å². The Kier molecular flexibility index (Phi) is 1.86. The number of rotatable bonds is 2. The average molecular weight is 178 g/mol.